The lowest BCUT2D eigenvalue weighted by atomic mass is 9.88. The van der Waals surface area contributed by atoms with Crippen molar-refractivity contribution in [3.05, 3.63) is 58.7 Å². The number of benzene rings is 2. The Morgan fingerprint density at radius 2 is 1.50 bits per heavy atom. The van der Waals surface area contributed by atoms with Gasteiger partial charge in [0.1, 0.15) is 13.2 Å². The molecule has 0 bridgehead atoms. The predicted octanol–water partition coefficient (Wildman–Crippen LogP) is 4.42. The van der Waals surface area contributed by atoms with Crippen LogP contribution in [0.2, 0.25) is 0 Å². The topological polar surface area (TPSA) is 72.9 Å². The van der Waals surface area contributed by atoms with Crippen LogP contribution < -0.4 is 9.47 Å². The van der Waals surface area contributed by atoms with Crippen LogP contribution in [0.25, 0.3) is 0 Å². The number of amides is 1. The van der Waals surface area contributed by atoms with E-state index in [1.165, 1.54) is 24.0 Å². The van der Waals surface area contributed by atoms with Crippen LogP contribution in [0.5, 0.6) is 11.5 Å². The lowest BCUT2D eigenvalue weighted by Crippen LogP contribution is -2.40. The van der Waals surface area contributed by atoms with Gasteiger partial charge in [-0.05, 0) is 73.9 Å². The highest BCUT2D eigenvalue weighted by atomic mass is 16.6. The number of ketones is 2. The van der Waals surface area contributed by atoms with Crippen LogP contribution in [-0.4, -0.2) is 48.7 Å². The van der Waals surface area contributed by atoms with E-state index in [2.05, 4.69) is 6.07 Å². The minimum Gasteiger partial charge on any atom is -0.486 e. The maximum Gasteiger partial charge on any atom is 0.223 e. The number of hydrogen-bond acceptors (Lipinski definition) is 5. The van der Waals surface area contributed by atoms with Crippen LogP contribution in [0, 0.1) is 5.92 Å². The summed E-state index contributed by atoms with van der Waals surface area (Å²) in [6.07, 6.45) is 6.24. The summed E-state index contributed by atoms with van der Waals surface area (Å²) in [5, 5.41) is 0. The number of piperidine rings is 1. The van der Waals surface area contributed by atoms with Crippen molar-refractivity contribution in [3.8, 4) is 11.5 Å². The van der Waals surface area contributed by atoms with E-state index in [0.29, 0.717) is 56.2 Å². The summed E-state index contributed by atoms with van der Waals surface area (Å²) in [7, 11) is 0. The molecular weight excluding hydrogens is 430 g/mol. The number of aryl methyl sites for hydroxylation is 2. The number of carbonyl (C=O) groups is 3. The molecule has 178 valence electrons. The Bertz CT molecular complexity index is 1100. The minimum absolute atomic E-state index is 0.00321. The minimum atomic E-state index is -0.108. The summed E-state index contributed by atoms with van der Waals surface area (Å²) in [5.74, 6) is 1.30. The van der Waals surface area contributed by atoms with E-state index in [-0.39, 0.29) is 36.2 Å². The Hall–Kier alpha value is -3.15. The van der Waals surface area contributed by atoms with Gasteiger partial charge in [0.05, 0.1) is 0 Å². The van der Waals surface area contributed by atoms with Gasteiger partial charge in [-0.25, -0.2) is 0 Å². The van der Waals surface area contributed by atoms with Gasteiger partial charge < -0.3 is 14.4 Å². The highest BCUT2D eigenvalue weighted by Crippen LogP contribution is 2.32. The SMILES string of the molecule is O=C(CCC(=O)N1CCC(C(=O)c2ccc3c(c2)OCCO3)CC1)c1ccc2c(c1)CCCC2. The summed E-state index contributed by atoms with van der Waals surface area (Å²) in [6.45, 7) is 2.10. The summed E-state index contributed by atoms with van der Waals surface area (Å²) >= 11 is 0. The third-order valence-electron chi connectivity index (χ3n) is 7.28. The normalized spacial score (nSPS) is 17.7. The van der Waals surface area contributed by atoms with Crippen molar-refractivity contribution in [1.29, 1.82) is 0 Å². The van der Waals surface area contributed by atoms with Gasteiger partial charge in [-0.3, -0.25) is 14.4 Å². The van der Waals surface area contributed by atoms with Crippen molar-refractivity contribution >= 4 is 17.5 Å². The Morgan fingerprint density at radius 3 is 2.29 bits per heavy atom. The van der Waals surface area contributed by atoms with Gasteiger partial charge in [0.15, 0.2) is 23.1 Å². The monoisotopic (exact) mass is 461 g/mol. The molecule has 1 aliphatic carbocycles. The second-order valence-electron chi connectivity index (χ2n) is 9.49. The first kappa shape index (κ1) is 22.6. The third-order valence-corrected chi connectivity index (χ3v) is 7.28. The first-order chi connectivity index (χ1) is 16.6. The zero-order valence-corrected chi connectivity index (χ0v) is 19.5. The first-order valence-corrected chi connectivity index (χ1v) is 12.4. The Kier molecular flexibility index (Phi) is 6.66. The number of Topliss-reactive ketones (excluding diaryl/α,β-unsaturated/α-hetero) is 2. The number of rotatable bonds is 6. The molecule has 6 nitrogen and oxygen atoms in total. The van der Waals surface area contributed by atoms with Crippen molar-refractivity contribution in [3.63, 3.8) is 0 Å². The molecule has 6 heteroatoms. The van der Waals surface area contributed by atoms with E-state index in [4.69, 9.17) is 9.47 Å². The highest BCUT2D eigenvalue weighted by Gasteiger charge is 2.29. The molecule has 2 aromatic rings. The summed E-state index contributed by atoms with van der Waals surface area (Å²) < 4.78 is 11.1. The molecule has 2 aromatic carbocycles. The van der Waals surface area contributed by atoms with Crippen molar-refractivity contribution in [2.45, 2.75) is 51.4 Å². The van der Waals surface area contributed by atoms with Gasteiger partial charge in [0.2, 0.25) is 5.91 Å². The molecule has 0 spiro atoms. The van der Waals surface area contributed by atoms with Crippen molar-refractivity contribution in [2.75, 3.05) is 26.3 Å². The summed E-state index contributed by atoms with van der Waals surface area (Å²) in [4.78, 5) is 40.2. The van der Waals surface area contributed by atoms with E-state index in [0.717, 1.165) is 18.4 Å². The average molecular weight is 462 g/mol. The van der Waals surface area contributed by atoms with E-state index >= 15 is 0 Å². The largest absolute Gasteiger partial charge is 0.486 e. The van der Waals surface area contributed by atoms with Gasteiger partial charge in [-0.1, -0.05) is 12.1 Å². The molecule has 0 atom stereocenters. The Balaban J connectivity index is 1.11. The molecule has 34 heavy (non-hydrogen) atoms. The van der Waals surface area contributed by atoms with Crippen LogP contribution in [0.4, 0.5) is 0 Å². The second-order valence-corrected chi connectivity index (χ2v) is 9.49. The molecule has 0 radical (unpaired) electrons. The van der Waals surface area contributed by atoms with Gasteiger partial charge in [0.25, 0.3) is 0 Å². The van der Waals surface area contributed by atoms with Crippen LogP contribution in [0.1, 0.15) is 70.4 Å². The molecular formula is C28H31NO5. The number of carbonyl (C=O) groups excluding carboxylic acids is 3. The molecule has 0 unspecified atom stereocenters. The van der Waals surface area contributed by atoms with E-state index in [1.807, 2.05) is 12.1 Å². The lowest BCUT2D eigenvalue weighted by Gasteiger charge is -2.31. The van der Waals surface area contributed by atoms with Crippen molar-refractivity contribution < 1.29 is 23.9 Å². The number of likely N-dealkylation sites (tertiary alicyclic amines) is 1. The standard InChI is InChI=1S/C28H31NO5/c30-24(22-6-5-19-3-1-2-4-21(19)17-22)8-10-27(31)29-13-11-20(12-14-29)28(32)23-7-9-25-26(18-23)34-16-15-33-25/h5-7,9,17-18,20H,1-4,8,10-16H2. The zero-order chi connectivity index (χ0) is 23.5. The smallest absolute Gasteiger partial charge is 0.223 e. The molecule has 0 aromatic heterocycles. The number of ether oxygens (including phenoxy) is 2. The van der Waals surface area contributed by atoms with E-state index in [1.54, 1.807) is 23.1 Å². The maximum atomic E-state index is 13.0. The number of hydrogen-bond donors (Lipinski definition) is 0. The molecule has 1 fully saturated rings. The van der Waals surface area contributed by atoms with Crippen LogP contribution in [0.3, 0.4) is 0 Å². The predicted molar refractivity (Wildman–Crippen MR) is 128 cm³/mol. The molecule has 2 aliphatic heterocycles. The van der Waals surface area contributed by atoms with Crippen molar-refractivity contribution in [1.82, 2.24) is 4.90 Å². The van der Waals surface area contributed by atoms with Gasteiger partial charge in [-0.2, -0.15) is 0 Å². The molecule has 3 aliphatic rings. The quantitative estimate of drug-likeness (QED) is 0.596. The first-order valence-electron chi connectivity index (χ1n) is 12.4. The van der Waals surface area contributed by atoms with Gasteiger partial charge >= 0.3 is 0 Å². The van der Waals surface area contributed by atoms with Crippen LogP contribution >= 0.6 is 0 Å². The molecule has 1 amide bonds. The fourth-order valence-electron chi connectivity index (χ4n) is 5.25. The summed E-state index contributed by atoms with van der Waals surface area (Å²) in [5.41, 5.74) is 3.99. The Morgan fingerprint density at radius 1 is 0.794 bits per heavy atom. The zero-order valence-electron chi connectivity index (χ0n) is 19.5. The van der Waals surface area contributed by atoms with E-state index in [9.17, 15) is 14.4 Å². The molecule has 0 N–H and O–H groups in total. The average Bonchev–Trinajstić information content (AvgIpc) is 2.90. The molecule has 1 saturated heterocycles. The molecule has 5 rings (SSSR count). The number of fused-ring (bicyclic) bond motifs is 2. The van der Waals surface area contributed by atoms with E-state index < -0.39 is 0 Å². The molecule has 0 saturated carbocycles. The van der Waals surface area contributed by atoms with Gasteiger partial charge in [0, 0.05) is 43.0 Å². The van der Waals surface area contributed by atoms with Crippen molar-refractivity contribution in [2.24, 2.45) is 5.92 Å². The highest BCUT2D eigenvalue weighted by molar-refractivity contribution is 5.99. The number of nitrogens with zero attached hydrogens (tertiary/aromatic N) is 1. The Labute approximate surface area is 200 Å². The lowest BCUT2D eigenvalue weighted by molar-refractivity contribution is -0.132. The second kappa shape index (κ2) is 10.00. The van der Waals surface area contributed by atoms with Gasteiger partial charge in [-0.15, -0.1) is 0 Å². The summed E-state index contributed by atoms with van der Waals surface area (Å²) in [6, 6.07) is 11.4. The maximum absolute atomic E-state index is 13.0. The van der Waals surface area contributed by atoms with Crippen LogP contribution in [-0.2, 0) is 17.6 Å². The fraction of sp³-hybridized carbons (Fsp3) is 0.464. The van der Waals surface area contributed by atoms with Crippen LogP contribution in [0.15, 0.2) is 36.4 Å². The molecule has 2 heterocycles. The third kappa shape index (κ3) is 4.86. The fourth-order valence-corrected chi connectivity index (χ4v) is 5.25.